The molecule has 0 amide bonds. The van der Waals surface area contributed by atoms with Gasteiger partial charge in [-0.25, -0.2) is 0 Å². The van der Waals surface area contributed by atoms with Crippen LogP contribution in [-0.4, -0.2) is 10.7 Å². The Morgan fingerprint density at radius 1 is 1.50 bits per heavy atom. The fourth-order valence-corrected chi connectivity index (χ4v) is 1.75. The van der Waals surface area contributed by atoms with Crippen LogP contribution in [0.1, 0.15) is 22.8 Å². The summed E-state index contributed by atoms with van der Waals surface area (Å²) in [6.07, 6.45) is 0. The second-order valence-electron chi connectivity index (χ2n) is 2.93. The summed E-state index contributed by atoms with van der Waals surface area (Å²) < 4.78 is 0.460. The van der Waals surface area contributed by atoms with Crippen LogP contribution in [0.15, 0.2) is 16.6 Å². The summed E-state index contributed by atoms with van der Waals surface area (Å²) in [5.74, 6) is -0.116. The Morgan fingerprint density at radius 3 is 2.50 bits per heavy atom. The van der Waals surface area contributed by atoms with Gasteiger partial charge in [-0.3, -0.25) is 14.9 Å². The van der Waals surface area contributed by atoms with Gasteiger partial charge in [0, 0.05) is 21.7 Å². The number of nitro groups is 1. The Labute approximate surface area is 89.2 Å². The van der Waals surface area contributed by atoms with Crippen LogP contribution in [0.4, 0.5) is 5.69 Å². The number of halogens is 1. The maximum Gasteiger partial charge on any atom is 0.273 e. The third-order valence-corrected chi connectivity index (χ3v) is 2.52. The van der Waals surface area contributed by atoms with Gasteiger partial charge >= 0.3 is 0 Å². The van der Waals surface area contributed by atoms with Crippen molar-refractivity contribution in [2.24, 2.45) is 0 Å². The SMILES string of the molecule is CC(=O)c1cc(C)c([N+](=O)[O-])cc1Br. The molecule has 0 saturated heterocycles. The van der Waals surface area contributed by atoms with Crippen LogP contribution in [0.2, 0.25) is 0 Å². The lowest BCUT2D eigenvalue weighted by atomic mass is 10.1. The summed E-state index contributed by atoms with van der Waals surface area (Å²) in [6, 6.07) is 2.87. The van der Waals surface area contributed by atoms with Crippen LogP contribution in [0, 0.1) is 17.0 Å². The monoisotopic (exact) mass is 257 g/mol. The summed E-state index contributed by atoms with van der Waals surface area (Å²) in [5.41, 5.74) is 0.971. The highest BCUT2D eigenvalue weighted by molar-refractivity contribution is 9.10. The topological polar surface area (TPSA) is 60.2 Å². The van der Waals surface area contributed by atoms with E-state index in [0.29, 0.717) is 15.6 Å². The average molecular weight is 258 g/mol. The van der Waals surface area contributed by atoms with Gasteiger partial charge in [-0.15, -0.1) is 0 Å². The van der Waals surface area contributed by atoms with E-state index in [4.69, 9.17) is 0 Å². The van der Waals surface area contributed by atoms with Crippen LogP contribution in [0.25, 0.3) is 0 Å². The normalized spacial score (nSPS) is 9.93. The molecule has 1 aromatic carbocycles. The Hall–Kier alpha value is -1.23. The number of nitrogens with zero attached hydrogens (tertiary/aromatic N) is 1. The Balaban J connectivity index is 3.38. The highest BCUT2D eigenvalue weighted by atomic mass is 79.9. The third kappa shape index (κ3) is 1.98. The zero-order chi connectivity index (χ0) is 10.9. The number of benzene rings is 1. The van der Waals surface area contributed by atoms with Gasteiger partial charge in [0.15, 0.2) is 5.78 Å². The van der Waals surface area contributed by atoms with Crippen LogP contribution >= 0.6 is 15.9 Å². The first-order valence-electron chi connectivity index (χ1n) is 3.89. The van der Waals surface area contributed by atoms with Gasteiger partial charge in [0.2, 0.25) is 0 Å². The van der Waals surface area contributed by atoms with Crippen molar-refractivity contribution in [3.05, 3.63) is 37.8 Å². The summed E-state index contributed by atoms with van der Waals surface area (Å²) in [4.78, 5) is 21.2. The second-order valence-corrected chi connectivity index (χ2v) is 3.79. The van der Waals surface area contributed by atoms with Crippen molar-refractivity contribution in [1.29, 1.82) is 0 Å². The first-order chi connectivity index (χ1) is 6.43. The second kappa shape index (κ2) is 3.88. The molecule has 0 aliphatic carbocycles. The van der Waals surface area contributed by atoms with Crippen molar-refractivity contribution in [3.8, 4) is 0 Å². The number of ketones is 1. The molecule has 0 heterocycles. The van der Waals surface area contributed by atoms with E-state index >= 15 is 0 Å². The number of hydrogen-bond acceptors (Lipinski definition) is 3. The van der Waals surface area contributed by atoms with E-state index < -0.39 is 4.92 Å². The van der Waals surface area contributed by atoms with Gasteiger partial charge in [-0.05, 0) is 35.8 Å². The molecule has 0 fully saturated rings. The van der Waals surface area contributed by atoms with Gasteiger partial charge in [-0.1, -0.05) is 0 Å². The lowest BCUT2D eigenvalue weighted by Gasteiger charge is -2.02. The van der Waals surface area contributed by atoms with E-state index in [2.05, 4.69) is 15.9 Å². The number of hydrogen-bond donors (Lipinski definition) is 0. The van der Waals surface area contributed by atoms with Crippen molar-refractivity contribution in [3.63, 3.8) is 0 Å². The van der Waals surface area contributed by atoms with Gasteiger partial charge in [0.25, 0.3) is 5.69 Å². The van der Waals surface area contributed by atoms with Crippen molar-refractivity contribution >= 4 is 27.4 Å². The number of Topliss-reactive ketones (excluding diaryl/α,β-unsaturated/α-hetero) is 1. The molecule has 1 aromatic rings. The fourth-order valence-electron chi connectivity index (χ4n) is 1.14. The molecule has 0 radical (unpaired) electrons. The number of aryl methyl sites for hydroxylation is 1. The zero-order valence-electron chi connectivity index (χ0n) is 7.70. The molecule has 0 N–H and O–H groups in total. The molecule has 0 atom stereocenters. The molecule has 1 rings (SSSR count). The first kappa shape index (κ1) is 10.8. The minimum atomic E-state index is -0.468. The van der Waals surface area contributed by atoms with E-state index in [1.54, 1.807) is 6.92 Å². The minimum absolute atomic E-state index is 0.0156. The molecule has 74 valence electrons. The molecule has 4 nitrogen and oxygen atoms in total. The fraction of sp³-hybridized carbons (Fsp3) is 0.222. The zero-order valence-corrected chi connectivity index (χ0v) is 9.29. The van der Waals surface area contributed by atoms with Crippen LogP contribution in [0.3, 0.4) is 0 Å². The Kier molecular flexibility index (Phi) is 3.00. The maximum absolute atomic E-state index is 11.1. The predicted molar refractivity (Wildman–Crippen MR) is 55.5 cm³/mol. The number of nitro benzene ring substituents is 1. The molecule has 0 unspecified atom stereocenters. The predicted octanol–water partition coefficient (Wildman–Crippen LogP) is 2.87. The molecule has 14 heavy (non-hydrogen) atoms. The van der Waals surface area contributed by atoms with Crippen molar-refractivity contribution in [2.75, 3.05) is 0 Å². The van der Waals surface area contributed by atoms with Gasteiger partial charge < -0.3 is 0 Å². The smallest absolute Gasteiger partial charge is 0.273 e. The molecule has 5 heteroatoms. The quantitative estimate of drug-likeness (QED) is 0.465. The van der Waals surface area contributed by atoms with Crippen LogP contribution < -0.4 is 0 Å². The molecule has 0 saturated carbocycles. The van der Waals surface area contributed by atoms with E-state index in [1.165, 1.54) is 19.1 Å². The Bertz CT molecular complexity index is 375. The van der Waals surface area contributed by atoms with E-state index in [9.17, 15) is 14.9 Å². The molecule has 0 aliphatic rings. The lowest BCUT2D eigenvalue weighted by molar-refractivity contribution is -0.385. The maximum atomic E-state index is 11.1. The summed E-state index contributed by atoms with van der Waals surface area (Å²) in [7, 11) is 0. The van der Waals surface area contributed by atoms with Gasteiger partial charge in [-0.2, -0.15) is 0 Å². The standard InChI is InChI=1S/C9H8BrNO3/c1-5-3-7(6(2)12)8(10)4-9(5)11(13)14/h3-4H,1-2H3. The van der Waals surface area contributed by atoms with Crippen molar-refractivity contribution in [1.82, 2.24) is 0 Å². The lowest BCUT2D eigenvalue weighted by Crippen LogP contribution is -1.98. The van der Waals surface area contributed by atoms with E-state index in [-0.39, 0.29) is 11.5 Å². The molecule has 0 spiro atoms. The highest BCUT2D eigenvalue weighted by Crippen LogP contribution is 2.27. The van der Waals surface area contributed by atoms with Crippen LogP contribution in [-0.2, 0) is 0 Å². The van der Waals surface area contributed by atoms with Crippen molar-refractivity contribution in [2.45, 2.75) is 13.8 Å². The molecule has 0 bridgehead atoms. The van der Waals surface area contributed by atoms with E-state index in [0.717, 1.165) is 0 Å². The summed E-state index contributed by atoms with van der Waals surface area (Å²) in [6.45, 7) is 3.03. The largest absolute Gasteiger partial charge is 0.294 e. The average Bonchev–Trinajstić information content (AvgIpc) is 2.07. The molecule has 0 aliphatic heterocycles. The van der Waals surface area contributed by atoms with Gasteiger partial charge in [0.1, 0.15) is 0 Å². The Morgan fingerprint density at radius 2 is 2.07 bits per heavy atom. The van der Waals surface area contributed by atoms with Gasteiger partial charge in [0.05, 0.1) is 4.92 Å². The highest BCUT2D eigenvalue weighted by Gasteiger charge is 2.15. The minimum Gasteiger partial charge on any atom is -0.294 e. The summed E-state index contributed by atoms with van der Waals surface area (Å²) >= 11 is 3.12. The molecular formula is C9H8BrNO3. The summed E-state index contributed by atoms with van der Waals surface area (Å²) in [5, 5.41) is 10.6. The van der Waals surface area contributed by atoms with Crippen molar-refractivity contribution < 1.29 is 9.72 Å². The molecule has 0 aromatic heterocycles. The molecular weight excluding hydrogens is 250 g/mol. The number of carbonyl (C=O) groups excluding carboxylic acids is 1. The van der Waals surface area contributed by atoms with Crippen LogP contribution in [0.5, 0.6) is 0 Å². The number of rotatable bonds is 2. The van der Waals surface area contributed by atoms with E-state index in [1.807, 2.05) is 0 Å². The third-order valence-electron chi connectivity index (χ3n) is 1.86. The number of carbonyl (C=O) groups is 1. The first-order valence-corrected chi connectivity index (χ1v) is 4.68.